The molecule has 7 nitrogen and oxygen atoms in total. The van der Waals surface area contributed by atoms with E-state index in [-0.39, 0.29) is 16.0 Å². The van der Waals surface area contributed by atoms with Gasteiger partial charge in [-0.15, -0.1) is 0 Å². The third-order valence-electron chi connectivity index (χ3n) is 2.14. The van der Waals surface area contributed by atoms with Gasteiger partial charge in [-0.3, -0.25) is 10.1 Å². The molecule has 1 aromatic heterocycles. The summed E-state index contributed by atoms with van der Waals surface area (Å²) in [6.07, 6.45) is 1.21. The van der Waals surface area contributed by atoms with Gasteiger partial charge in [-0.05, 0) is 6.07 Å². The highest BCUT2D eigenvalue weighted by atomic mass is 32.2. The summed E-state index contributed by atoms with van der Waals surface area (Å²) in [5.41, 5.74) is 0.298. The Morgan fingerprint density at radius 2 is 2.06 bits per heavy atom. The van der Waals surface area contributed by atoms with Crippen molar-refractivity contribution in [1.82, 2.24) is 4.98 Å². The van der Waals surface area contributed by atoms with Crippen molar-refractivity contribution in [1.29, 1.82) is 0 Å². The fourth-order valence-electron chi connectivity index (χ4n) is 1.43. The van der Waals surface area contributed by atoms with Crippen molar-refractivity contribution in [3.05, 3.63) is 34.5 Å². The van der Waals surface area contributed by atoms with E-state index in [0.717, 1.165) is 0 Å². The van der Waals surface area contributed by atoms with E-state index in [1.807, 2.05) is 0 Å². The summed E-state index contributed by atoms with van der Waals surface area (Å²) in [6.45, 7) is 0. The van der Waals surface area contributed by atoms with Crippen molar-refractivity contribution in [2.75, 3.05) is 0 Å². The SMILES string of the molecule is NS(=O)(=O)c1c[nH]c2ccc([N+](=O)[O-])cc12. The maximum absolute atomic E-state index is 11.2. The van der Waals surface area contributed by atoms with Crippen LogP contribution in [0.4, 0.5) is 5.69 Å². The number of aromatic nitrogens is 1. The Labute approximate surface area is 90.1 Å². The number of sulfonamides is 1. The van der Waals surface area contributed by atoms with Gasteiger partial charge in [-0.1, -0.05) is 0 Å². The molecule has 2 aromatic rings. The number of aromatic amines is 1. The number of hydrogen-bond donors (Lipinski definition) is 2. The van der Waals surface area contributed by atoms with E-state index in [0.29, 0.717) is 5.52 Å². The van der Waals surface area contributed by atoms with E-state index in [1.54, 1.807) is 0 Å². The maximum Gasteiger partial charge on any atom is 0.270 e. The molecule has 1 aromatic carbocycles. The van der Waals surface area contributed by atoms with Crippen LogP contribution in [-0.4, -0.2) is 18.3 Å². The summed E-state index contributed by atoms with van der Waals surface area (Å²) in [6, 6.07) is 3.89. The van der Waals surface area contributed by atoms with Crippen molar-refractivity contribution in [3.63, 3.8) is 0 Å². The summed E-state index contributed by atoms with van der Waals surface area (Å²) in [5.74, 6) is 0. The van der Waals surface area contributed by atoms with Crippen LogP contribution in [0.3, 0.4) is 0 Å². The number of rotatable bonds is 2. The van der Waals surface area contributed by atoms with E-state index in [9.17, 15) is 18.5 Å². The minimum Gasteiger partial charge on any atom is -0.360 e. The average molecular weight is 241 g/mol. The van der Waals surface area contributed by atoms with Gasteiger partial charge in [-0.25, -0.2) is 13.6 Å². The molecule has 0 amide bonds. The second-order valence-corrected chi connectivity index (χ2v) is 4.71. The molecule has 0 atom stereocenters. The van der Waals surface area contributed by atoms with Crippen molar-refractivity contribution >= 4 is 26.6 Å². The van der Waals surface area contributed by atoms with Crippen LogP contribution in [0.5, 0.6) is 0 Å². The van der Waals surface area contributed by atoms with Crippen LogP contribution in [-0.2, 0) is 10.0 Å². The van der Waals surface area contributed by atoms with Gasteiger partial charge in [-0.2, -0.15) is 0 Å². The molecule has 0 fully saturated rings. The second-order valence-electron chi connectivity index (χ2n) is 3.18. The van der Waals surface area contributed by atoms with Crippen LogP contribution >= 0.6 is 0 Å². The zero-order chi connectivity index (χ0) is 11.9. The predicted octanol–water partition coefficient (Wildman–Crippen LogP) is 0.724. The molecular formula is C8H7N3O4S. The normalized spacial score (nSPS) is 11.8. The number of nitro groups is 1. The quantitative estimate of drug-likeness (QED) is 0.594. The molecule has 2 rings (SSSR count). The average Bonchev–Trinajstić information content (AvgIpc) is 2.58. The van der Waals surface area contributed by atoms with E-state index >= 15 is 0 Å². The van der Waals surface area contributed by atoms with Gasteiger partial charge in [0.25, 0.3) is 5.69 Å². The summed E-state index contributed by atoms with van der Waals surface area (Å²) < 4.78 is 22.4. The first kappa shape index (κ1) is 10.6. The van der Waals surface area contributed by atoms with Crippen molar-refractivity contribution in [2.24, 2.45) is 5.14 Å². The maximum atomic E-state index is 11.2. The molecule has 1 heterocycles. The Morgan fingerprint density at radius 1 is 1.38 bits per heavy atom. The summed E-state index contributed by atoms with van der Waals surface area (Å²) in [7, 11) is -3.88. The van der Waals surface area contributed by atoms with Gasteiger partial charge in [0.15, 0.2) is 0 Å². The molecule has 8 heteroatoms. The Kier molecular flexibility index (Phi) is 2.17. The number of primary sulfonamides is 1. The number of hydrogen-bond acceptors (Lipinski definition) is 4. The predicted molar refractivity (Wildman–Crippen MR) is 56.3 cm³/mol. The van der Waals surface area contributed by atoms with Crippen LogP contribution in [0.1, 0.15) is 0 Å². The summed E-state index contributed by atoms with van der Waals surface area (Å²) in [5, 5.41) is 15.7. The summed E-state index contributed by atoms with van der Waals surface area (Å²) in [4.78, 5) is 12.5. The zero-order valence-electron chi connectivity index (χ0n) is 7.88. The second kappa shape index (κ2) is 3.29. The number of H-pyrrole nitrogens is 1. The standard InChI is InChI=1S/C8H7N3O4S/c9-16(14,15)8-4-10-7-2-1-5(11(12)13)3-6(7)8/h1-4,10H,(H2,9,14,15). The molecule has 0 saturated carbocycles. The number of fused-ring (bicyclic) bond motifs is 1. The Hall–Kier alpha value is -1.93. The van der Waals surface area contributed by atoms with Gasteiger partial charge in [0, 0.05) is 29.2 Å². The van der Waals surface area contributed by atoms with E-state index < -0.39 is 14.9 Å². The van der Waals surface area contributed by atoms with Crippen LogP contribution < -0.4 is 5.14 Å². The van der Waals surface area contributed by atoms with Crippen molar-refractivity contribution in [2.45, 2.75) is 4.90 Å². The highest BCUT2D eigenvalue weighted by Gasteiger charge is 2.16. The third-order valence-corrected chi connectivity index (χ3v) is 3.10. The lowest BCUT2D eigenvalue weighted by Crippen LogP contribution is -2.11. The third kappa shape index (κ3) is 1.64. The first-order valence-electron chi connectivity index (χ1n) is 4.18. The molecule has 0 unspecified atom stereocenters. The molecular weight excluding hydrogens is 234 g/mol. The number of non-ortho nitro benzene ring substituents is 1. The number of nitrogens with zero attached hydrogens (tertiary/aromatic N) is 1. The fraction of sp³-hybridized carbons (Fsp3) is 0. The molecule has 0 aliphatic carbocycles. The first-order chi connectivity index (χ1) is 7.39. The lowest BCUT2D eigenvalue weighted by Gasteiger charge is -1.95. The Balaban J connectivity index is 2.80. The molecule has 0 spiro atoms. The lowest BCUT2D eigenvalue weighted by atomic mass is 10.2. The molecule has 0 aliphatic rings. The number of nitrogens with two attached hydrogens (primary N) is 1. The van der Waals surface area contributed by atoms with E-state index in [2.05, 4.69) is 4.98 Å². The Morgan fingerprint density at radius 3 is 2.62 bits per heavy atom. The molecule has 3 N–H and O–H groups in total. The van der Waals surface area contributed by atoms with Gasteiger partial charge in [0.05, 0.1) is 4.92 Å². The van der Waals surface area contributed by atoms with Gasteiger partial charge < -0.3 is 4.98 Å². The molecule has 16 heavy (non-hydrogen) atoms. The van der Waals surface area contributed by atoms with E-state index in [1.165, 1.54) is 24.4 Å². The van der Waals surface area contributed by atoms with Gasteiger partial charge >= 0.3 is 0 Å². The van der Waals surface area contributed by atoms with Crippen LogP contribution in [0, 0.1) is 10.1 Å². The van der Waals surface area contributed by atoms with E-state index in [4.69, 9.17) is 5.14 Å². The molecule has 0 saturated heterocycles. The first-order valence-corrected chi connectivity index (χ1v) is 5.72. The number of nitro benzene ring substituents is 1. The van der Waals surface area contributed by atoms with Crippen LogP contribution in [0.2, 0.25) is 0 Å². The van der Waals surface area contributed by atoms with Crippen molar-refractivity contribution < 1.29 is 13.3 Å². The monoisotopic (exact) mass is 241 g/mol. The van der Waals surface area contributed by atoms with Crippen LogP contribution in [0.15, 0.2) is 29.3 Å². The minimum atomic E-state index is -3.88. The molecule has 0 radical (unpaired) electrons. The smallest absolute Gasteiger partial charge is 0.270 e. The minimum absolute atomic E-state index is 0.147. The van der Waals surface area contributed by atoms with Gasteiger partial charge in [0.2, 0.25) is 10.0 Å². The number of nitrogens with one attached hydrogen (secondary N) is 1. The topological polar surface area (TPSA) is 119 Å². The summed E-state index contributed by atoms with van der Waals surface area (Å²) >= 11 is 0. The lowest BCUT2D eigenvalue weighted by molar-refractivity contribution is -0.384. The van der Waals surface area contributed by atoms with Crippen molar-refractivity contribution in [3.8, 4) is 0 Å². The Bertz CT molecular complexity index is 674. The van der Waals surface area contributed by atoms with Gasteiger partial charge in [0.1, 0.15) is 4.90 Å². The highest BCUT2D eigenvalue weighted by molar-refractivity contribution is 7.89. The zero-order valence-corrected chi connectivity index (χ0v) is 8.69. The fourth-order valence-corrected chi connectivity index (χ4v) is 2.13. The molecule has 84 valence electrons. The number of benzene rings is 1. The highest BCUT2D eigenvalue weighted by Crippen LogP contribution is 2.25. The molecule has 0 aliphatic heterocycles. The molecule has 0 bridgehead atoms. The van der Waals surface area contributed by atoms with Crippen LogP contribution in [0.25, 0.3) is 10.9 Å². The largest absolute Gasteiger partial charge is 0.360 e.